The summed E-state index contributed by atoms with van der Waals surface area (Å²) in [6, 6.07) is 22.4. The van der Waals surface area contributed by atoms with E-state index in [2.05, 4.69) is 21.2 Å². The first-order chi connectivity index (χ1) is 11.7. The summed E-state index contributed by atoms with van der Waals surface area (Å²) in [6.45, 7) is 1.14. The zero-order valence-corrected chi connectivity index (χ0v) is 14.6. The van der Waals surface area contributed by atoms with Gasteiger partial charge in [0.05, 0.1) is 4.47 Å². The molecule has 2 nitrogen and oxygen atoms in total. The van der Waals surface area contributed by atoms with Crippen molar-refractivity contribution in [1.82, 2.24) is 0 Å². The molecule has 0 fully saturated rings. The van der Waals surface area contributed by atoms with E-state index in [0.717, 1.165) is 33.6 Å². The molecule has 0 aliphatic heterocycles. The Morgan fingerprint density at radius 1 is 0.875 bits per heavy atom. The molecule has 0 aromatic heterocycles. The van der Waals surface area contributed by atoms with Crippen LogP contribution in [0.25, 0.3) is 0 Å². The molecule has 0 radical (unpaired) electrons. The molecule has 0 spiro atoms. The molecule has 4 heteroatoms. The third-order valence-electron chi connectivity index (χ3n) is 3.57. The summed E-state index contributed by atoms with van der Waals surface area (Å²) in [5, 5.41) is 3.37. The van der Waals surface area contributed by atoms with Crippen molar-refractivity contribution in [2.24, 2.45) is 0 Å². The number of halogens is 2. The van der Waals surface area contributed by atoms with E-state index in [1.165, 1.54) is 12.1 Å². The molecule has 3 rings (SSSR count). The monoisotopic (exact) mass is 385 g/mol. The van der Waals surface area contributed by atoms with Crippen LogP contribution in [0.2, 0.25) is 0 Å². The second-order valence-electron chi connectivity index (χ2n) is 5.40. The summed E-state index contributed by atoms with van der Waals surface area (Å²) in [6.07, 6.45) is 0. The maximum atomic E-state index is 12.9. The van der Waals surface area contributed by atoms with Crippen LogP contribution in [-0.2, 0) is 13.2 Å². The second kappa shape index (κ2) is 7.97. The third kappa shape index (κ3) is 4.59. The van der Waals surface area contributed by atoms with Gasteiger partial charge in [0.1, 0.15) is 18.2 Å². The van der Waals surface area contributed by atoms with Crippen molar-refractivity contribution in [2.45, 2.75) is 13.2 Å². The van der Waals surface area contributed by atoms with Crippen LogP contribution in [0.1, 0.15) is 11.1 Å². The van der Waals surface area contributed by atoms with Crippen LogP contribution < -0.4 is 10.1 Å². The zero-order valence-electron chi connectivity index (χ0n) is 13.0. The molecule has 122 valence electrons. The Morgan fingerprint density at radius 3 is 2.29 bits per heavy atom. The van der Waals surface area contributed by atoms with Crippen molar-refractivity contribution in [2.75, 3.05) is 5.32 Å². The Labute approximate surface area is 149 Å². The highest BCUT2D eigenvalue weighted by atomic mass is 79.9. The van der Waals surface area contributed by atoms with Crippen molar-refractivity contribution in [3.63, 3.8) is 0 Å². The molecular weight excluding hydrogens is 369 g/mol. The summed E-state index contributed by atoms with van der Waals surface area (Å²) < 4.78 is 19.6. The molecule has 3 aromatic rings. The number of para-hydroxylation sites is 1. The van der Waals surface area contributed by atoms with Gasteiger partial charge in [0.2, 0.25) is 0 Å². The molecule has 0 unspecified atom stereocenters. The van der Waals surface area contributed by atoms with Crippen molar-refractivity contribution in [3.8, 4) is 5.75 Å². The molecule has 24 heavy (non-hydrogen) atoms. The predicted molar refractivity (Wildman–Crippen MR) is 98.6 cm³/mol. The number of hydrogen-bond donors (Lipinski definition) is 1. The average Bonchev–Trinajstić information content (AvgIpc) is 2.61. The zero-order chi connectivity index (χ0) is 16.8. The van der Waals surface area contributed by atoms with Crippen LogP contribution in [0.15, 0.2) is 77.3 Å². The number of nitrogens with one attached hydrogen (secondary N) is 1. The van der Waals surface area contributed by atoms with E-state index in [0.29, 0.717) is 6.61 Å². The summed E-state index contributed by atoms with van der Waals surface area (Å²) in [5.74, 6) is 0.526. The van der Waals surface area contributed by atoms with Gasteiger partial charge in [0, 0.05) is 12.2 Å². The topological polar surface area (TPSA) is 21.3 Å². The lowest BCUT2D eigenvalue weighted by atomic mass is 10.2. The number of ether oxygens (including phenoxy) is 1. The van der Waals surface area contributed by atoms with Crippen LogP contribution in [0.5, 0.6) is 5.75 Å². The Kier molecular flexibility index (Phi) is 5.49. The fourth-order valence-corrected chi connectivity index (χ4v) is 2.81. The minimum atomic E-state index is -0.241. The van der Waals surface area contributed by atoms with Crippen LogP contribution in [0.3, 0.4) is 0 Å². The highest BCUT2D eigenvalue weighted by molar-refractivity contribution is 9.10. The lowest BCUT2D eigenvalue weighted by Gasteiger charge is -2.11. The number of hydrogen-bond acceptors (Lipinski definition) is 2. The minimum absolute atomic E-state index is 0.241. The van der Waals surface area contributed by atoms with Crippen molar-refractivity contribution >= 4 is 21.6 Å². The Bertz CT molecular complexity index is 790. The van der Waals surface area contributed by atoms with Crippen molar-refractivity contribution in [3.05, 3.63) is 94.2 Å². The SMILES string of the molecule is Fc1ccc(COc2ccc(CNc3ccccc3)cc2Br)cc1. The third-order valence-corrected chi connectivity index (χ3v) is 4.19. The number of benzene rings is 3. The van der Waals surface area contributed by atoms with Gasteiger partial charge < -0.3 is 10.1 Å². The van der Waals surface area contributed by atoms with Gasteiger partial charge in [-0.05, 0) is 63.5 Å². The van der Waals surface area contributed by atoms with E-state index in [9.17, 15) is 4.39 Å². The van der Waals surface area contributed by atoms with E-state index in [-0.39, 0.29) is 5.82 Å². The molecule has 0 bridgehead atoms. The molecule has 0 saturated carbocycles. The van der Waals surface area contributed by atoms with Gasteiger partial charge in [-0.2, -0.15) is 0 Å². The standard InChI is InChI=1S/C20H17BrFNO/c21-19-12-16(13-23-18-4-2-1-3-5-18)8-11-20(19)24-14-15-6-9-17(22)10-7-15/h1-12,23H,13-14H2. The first kappa shape index (κ1) is 16.5. The van der Waals surface area contributed by atoms with Gasteiger partial charge in [-0.15, -0.1) is 0 Å². The lowest BCUT2D eigenvalue weighted by Crippen LogP contribution is -2.00. The summed E-state index contributed by atoms with van der Waals surface area (Å²) >= 11 is 3.55. The quantitative estimate of drug-likeness (QED) is 0.580. The summed E-state index contributed by atoms with van der Waals surface area (Å²) in [4.78, 5) is 0. The average molecular weight is 386 g/mol. The van der Waals surface area contributed by atoms with Crippen molar-refractivity contribution < 1.29 is 9.13 Å². The number of anilines is 1. The molecule has 1 N–H and O–H groups in total. The Balaban J connectivity index is 1.59. The van der Waals surface area contributed by atoms with Gasteiger partial charge in [0.25, 0.3) is 0 Å². The molecular formula is C20H17BrFNO. The smallest absolute Gasteiger partial charge is 0.134 e. The van der Waals surface area contributed by atoms with Crippen LogP contribution in [-0.4, -0.2) is 0 Å². The normalized spacial score (nSPS) is 10.4. The largest absolute Gasteiger partial charge is 0.488 e. The fourth-order valence-electron chi connectivity index (χ4n) is 2.27. The maximum Gasteiger partial charge on any atom is 0.134 e. The first-order valence-corrected chi connectivity index (χ1v) is 8.44. The van der Waals surface area contributed by atoms with Gasteiger partial charge in [0.15, 0.2) is 0 Å². The maximum absolute atomic E-state index is 12.9. The van der Waals surface area contributed by atoms with Crippen molar-refractivity contribution in [1.29, 1.82) is 0 Å². The highest BCUT2D eigenvalue weighted by Crippen LogP contribution is 2.27. The lowest BCUT2D eigenvalue weighted by molar-refractivity contribution is 0.304. The number of rotatable bonds is 6. The molecule has 0 atom stereocenters. The first-order valence-electron chi connectivity index (χ1n) is 7.65. The van der Waals surface area contributed by atoms with Crippen LogP contribution >= 0.6 is 15.9 Å². The van der Waals surface area contributed by atoms with E-state index in [1.54, 1.807) is 12.1 Å². The van der Waals surface area contributed by atoms with E-state index in [4.69, 9.17) is 4.74 Å². The minimum Gasteiger partial charge on any atom is -0.488 e. The van der Waals surface area contributed by atoms with Gasteiger partial charge >= 0.3 is 0 Å². The second-order valence-corrected chi connectivity index (χ2v) is 6.25. The van der Waals surface area contributed by atoms with Crippen LogP contribution in [0, 0.1) is 5.82 Å². The molecule has 0 aliphatic rings. The Hall–Kier alpha value is -2.33. The van der Waals surface area contributed by atoms with E-state index in [1.807, 2.05) is 48.5 Å². The van der Waals surface area contributed by atoms with Gasteiger partial charge in [-0.3, -0.25) is 0 Å². The fraction of sp³-hybridized carbons (Fsp3) is 0.100. The Morgan fingerprint density at radius 2 is 1.58 bits per heavy atom. The van der Waals surface area contributed by atoms with E-state index < -0.39 is 0 Å². The summed E-state index contributed by atoms with van der Waals surface area (Å²) in [7, 11) is 0. The molecule has 0 amide bonds. The molecule has 0 heterocycles. The predicted octanol–water partition coefficient (Wildman–Crippen LogP) is 5.78. The van der Waals surface area contributed by atoms with Gasteiger partial charge in [-0.1, -0.05) is 36.4 Å². The van der Waals surface area contributed by atoms with E-state index >= 15 is 0 Å². The highest BCUT2D eigenvalue weighted by Gasteiger charge is 2.04. The molecule has 0 saturated heterocycles. The van der Waals surface area contributed by atoms with Gasteiger partial charge in [-0.25, -0.2) is 4.39 Å². The molecule has 0 aliphatic carbocycles. The summed E-state index contributed by atoms with van der Waals surface area (Å²) in [5.41, 5.74) is 3.17. The molecule has 3 aromatic carbocycles. The van der Waals surface area contributed by atoms with Crippen LogP contribution in [0.4, 0.5) is 10.1 Å².